The van der Waals surface area contributed by atoms with Crippen LogP contribution in [0.3, 0.4) is 0 Å². The van der Waals surface area contributed by atoms with Gasteiger partial charge in [0.15, 0.2) is 0 Å². The molecule has 0 saturated heterocycles. The highest BCUT2D eigenvalue weighted by Crippen LogP contribution is 2.25. The number of nitrogens with zero attached hydrogens (tertiary/aromatic N) is 1. The third-order valence-corrected chi connectivity index (χ3v) is 7.10. The number of anilines is 2. The molecule has 0 atom stereocenters. The van der Waals surface area contributed by atoms with Gasteiger partial charge < -0.3 is 10.1 Å². The minimum atomic E-state index is -3.69. The summed E-state index contributed by atoms with van der Waals surface area (Å²) in [6.07, 6.45) is 1.93. The second kappa shape index (κ2) is 9.23. The van der Waals surface area contributed by atoms with Crippen molar-refractivity contribution < 1.29 is 17.9 Å². The Bertz CT molecular complexity index is 1110. The van der Waals surface area contributed by atoms with E-state index in [2.05, 4.69) is 5.32 Å². The molecule has 0 unspecified atom stereocenters. The molecule has 0 spiro atoms. The number of rotatable bonds is 7. The van der Waals surface area contributed by atoms with E-state index in [1.165, 1.54) is 11.4 Å². The number of benzene rings is 3. The number of amides is 1. The molecule has 156 valence electrons. The molecule has 6 nitrogen and oxygen atoms in total. The van der Waals surface area contributed by atoms with Gasteiger partial charge in [0.25, 0.3) is 15.9 Å². The van der Waals surface area contributed by atoms with Crippen molar-refractivity contribution in [3.8, 4) is 5.75 Å². The first-order valence-corrected chi connectivity index (χ1v) is 11.7. The lowest BCUT2D eigenvalue weighted by atomic mass is 10.2. The van der Waals surface area contributed by atoms with Gasteiger partial charge in [0.1, 0.15) is 5.75 Å². The second-order valence-electron chi connectivity index (χ2n) is 6.38. The molecule has 3 aromatic carbocycles. The molecule has 0 radical (unpaired) electrons. The van der Waals surface area contributed by atoms with Crippen molar-refractivity contribution in [3.63, 3.8) is 0 Å². The van der Waals surface area contributed by atoms with Gasteiger partial charge >= 0.3 is 0 Å². The molecule has 0 saturated carbocycles. The van der Waals surface area contributed by atoms with E-state index in [0.29, 0.717) is 22.7 Å². The fourth-order valence-electron chi connectivity index (χ4n) is 2.74. The maximum atomic E-state index is 12.9. The van der Waals surface area contributed by atoms with Crippen LogP contribution in [-0.4, -0.2) is 34.7 Å². The summed E-state index contributed by atoms with van der Waals surface area (Å²) >= 11 is 1.55. The highest BCUT2D eigenvalue weighted by Gasteiger charge is 2.21. The van der Waals surface area contributed by atoms with Crippen molar-refractivity contribution in [3.05, 3.63) is 78.4 Å². The van der Waals surface area contributed by atoms with Crippen LogP contribution < -0.4 is 14.4 Å². The van der Waals surface area contributed by atoms with E-state index in [4.69, 9.17) is 4.74 Å². The molecule has 0 bridgehead atoms. The van der Waals surface area contributed by atoms with Gasteiger partial charge in [-0.2, -0.15) is 0 Å². The van der Waals surface area contributed by atoms with Gasteiger partial charge in [-0.15, -0.1) is 11.8 Å². The van der Waals surface area contributed by atoms with Crippen LogP contribution >= 0.6 is 11.8 Å². The molecule has 0 aliphatic heterocycles. The van der Waals surface area contributed by atoms with E-state index < -0.39 is 10.0 Å². The normalized spacial score (nSPS) is 11.0. The summed E-state index contributed by atoms with van der Waals surface area (Å²) in [5.74, 6) is 0.412. The average molecular weight is 443 g/mol. The van der Waals surface area contributed by atoms with Crippen molar-refractivity contribution >= 4 is 39.1 Å². The van der Waals surface area contributed by atoms with Crippen LogP contribution in [0.25, 0.3) is 0 Å². The lowest BCUT2D eigenvalue weighted by Crippen LogP contribution is -2.26. The predicted molar refractivity (Wildman–Crippen MR) is 121 cm³/mol. The highest BCUT2D eigenvalue weighted by molar-refractivity contribution is 7.98. The minimum Gasteiger partial charge on any atom is -0.497 e. The van der Waals surface area contributed by atoms with Gasteiger partial charge in [-0.25, -0.2) is 8.42 Å². The monoisotopic (exact) mass is 442 g/mol. The SMILES string of the molecule is COc1ccc(NC(=O)c2ccc(N(C)S(=O)(=O)c3ccc(SC)cc3)cc2)cc1. The molecule has 8 heteroatoms. The van der Waals surface area contributed by atoms with Gasteiger partial charge in [-0.1, -0.05) is 0 Å². The van der Waals surface area contributed by atoms with Crippen LogP contribution in [0.4, 0.5) is 11.4 Å². The zero-order chi connectivity index (χ0) is 21.7. The van der Waals surface area contributed by atoms with E-state index in [9.17, 15) is 13.2 Å². The number of thioether (sulfide) groups is 1. The zero-order valence-corrected chi connectivity index (χ0v) is 18.5. The Kier molecular flexibility index (Phi) is 6.69. The van der Waals surface area contributed by atoms with Crippen LogP contribution in [0.15, 0.2) is 82.6 Å². The summed E-state index contributed by atoms with van der Waals surface area (Å²) < 4.78 is 32.0. The summed E-state index contributed by atoms with van der Waals surface area (Å²) in [6.45, 7) is 0. The van der Waals surface area contributed by atoms with E-state index in [1.807, 2.05) is 6.26 Å². The molecular formula is C22H22N2O4S2. The number of carbonyl (C=O) groups is 1. The van der Waals surface area contributed by atoms with Crippen molar-refractivity contribution in [1.82, 2.24) is 0 Å². The summed E-state index contributed by atoms with van der Waals surface area (Å²) in [5.41, 5.74) is 1.52. The molecule has 0 aliphatic rings. The molecule has 0 aliphatic carbocycles. The Balaban J connectivity index is 1.73. The minimum absolute atomic E-state index is 0.212. The van der Waals surface area contributed by atoms with Crippen molar-refractivity contribution in [2.24, 2.45) is 0 Å². The lowest BCUT2D eigenvalue weighted by molar-refractivity contribution is 0.102. The predicted octanol–water partition coefficient (Wildman–Crippen LogP) is 4.49. The Morgan fingerprint density at radius 3 is 2.07 bits per heavy atom. The van der Waals surface area contributed by atoms with Crippen molar-refractivity contribution in [2.75, 3.05) is 30.0 Å². The molecule has 3 aromatic rings. The van der Waals surface area contributed by atoms with Gasteiger partial charge in [0.2, 0.25) is 0 Å². The smallest absolute Gasteiger partial charge is 0.264 e. The van der Waals surface area contributed by atoms with E-state index in [1.54, 1.807) is 91.7 Å². The number of ether oxygens (including phenoxy) is 1. The topological polar surface area (TPSA) is 75.7 Å². The first-order valence-electron chi connectivity index (χ1n) is 9.03. The quantitative estimate of drug-likeness (QED) is 0.546. The number of nitrogens with one attached hydrogen (secondary N) is 1. The fourth-order valence-corrected chi connectivity index (χ4v) is 4.35. The number of carbonyl (C=O) groups excluding carboxylic acids is 1. The van der Waals surface area contributed by atoms with E-state index >= 15 is 0 Å². The molecule has 3 rings (SSSR count). The largest absolute Gasteiger partial charge is 0.497 e. The Morgan fingerprint density at radius 2 is 1.53 bits per heavy atom. The molecule has 1 amide bonds. The van der Waals surface area contributed by atoms with Crippen LogP contribution in [0.1, 0.15) is 10.4 Å². The van der Waals surface area contributed by atoms with Gasteiger partial charge in [-0.05, 0) is 79.1 Å². The zero-order valence-electron chi connectivity index (χ0n) is 16.8. The Morgan fingerprint density at radius 1 is 0.933 bits per heavy atom. The molecule has 0 fully saturated rings. The first kappa shape index (κ1) is 21.7. The Labute approximate surface area is 180 Å². The lowest BCUT2D eigenvalue weighted by Gasteiger charge is -2.20. The highest BCUT2D eigenvalue weighted by atomic mass is 32.2. The third kappa shape index (κ3) is 4.77. The molecule has 1 N–H and O–H groups in total. The maximum Gasteiger partial charge on any atom is 0.264 e. The maximum absolute atomic E-state index is 12.9. The van der Waals surface area contributed by atoms with Crippen LogP contribution in [-0.2, 0) is 10.0 Å². The third-order valence-electron chi connectivity index (χ3n) is 4.56. The van der Waals surface area contributed by atoms with Gasteiger partial charge in [-0.3, -0.25) is 9.10 Å². The van der Waals surface area contributed by atoms with Gasteiger partial charge in [0, 0.05) is 23.2 Å². The molecule has 0 aromatic heterocycles. The summed E-state index contributed by atoms with van der Waals surface area (Å²) in [6, 6.07) is 20.1. The van der Waals surface area contributed by atoms with E-state index in [-0.39, 0.29) is 10.8 Å². The molecule has 30 heavy (non-hydrogen) atoms. The standard InChI is InChI=1S/C22H22N2O4S2/c1-24(30(26,27)21-14-12-20(29-3)13-15-21)18-8-4-16(5-9-18)22(25)23-17-6-10-19(28-2)11-7-17/h4-15H,1-3H3,(H,23,25). The first-order chi connectivity index (χ1) is 14.3. The van der Waals surface area contributed by atoms with Crippen molar-refractivity contribution in [1.29, 1.82) is 0 Å². The average Bonchev–Trinajstić information content (AvgIpc) is 2.79. The summed E-state index contributed by atoms with van der Waals surface area (Å²) in [4.78, 5) is 13.7. The number of sulfonamides is 1. The number of hydrogen-bond donors (Lipinski definition) is 1. The molecule has 0 heterocycles. The van der Waals surface area contributed by atoms with Crippen molar-refractivity contribution in [2.45, 2.75) is 9.79 Å². The van der Waals surface area contributed by atoms with Crippen LogP contribution in [0, 0.1) is 0 Å². The molecular weight excluding hydrogens is 420 g/mol. The van der Waals surface area contributed by atoms with E-state index in [0.717, 1.165) is 4.90 Å². The second-order valence-corrected chi connectivity index (χ2v) is 9.23. The van der Waals surface area contributed by atoms with Crippen LogP contribution in [0.5, 0.6) is 5.75 Å². The number of methoxy groups -OCH3 is 1. The number of hydrogen-bond acceptors (Lipinski definition) is 5. The Hall–Kier alpha value is -2.97. The van der Waals surface area contributed by atoms with Crippen LogP contribution in [0.2, 0.25) is 0 Å². The fraction of sp³-hybridized carbons (Fsp3) is 0.136. The summed E-state index contributed by atoms with van der Waals surface area (Å²) in [7, 11) is -0.628. The van der Waals surface area contributed by atoms with Gasteiger partial charge in [0.05, 0.1) is 17.7 Å². The summed E-state index contributed by atoms with van der Waals surface area (Å²) in [5, 5.41) is 2.80.